The van der Waals surface area contributed by atoms with Crippen molar-refractivity contribution in [1.82, 2.24) is 5.32 Å². The molecule has 0 radical (unpaired) electrons. The van der Waals surface area contributed by atoms with Crippen LogP contribution in [-0.4, -0.2) is 36.6 Å². The van der Waals surface area contributed by atoms with Crippen molar-refractivity contribution >= 4 is 17.6 Å². The van der Waals surface area contributed by atoms with Gasteiger partial charge in [0.2, 0.25) is 5.91 Å². The van der Waals surface area contributed by atoms with E-state index < -0.39 is 11.9 Å². The van der Waals surface area contributed by atoms with Gasteiger partial charge in [0.1, 0.15) is 5.92 Å². The predicted molar refractivity (Wildman–Crippen MR) is 67.7 cm³/mol. The summed E-state index contributed by atoms with van der Waals surface area (Å²) >= 11 is 0. The second-order valence-electron chi connectivity index (χ2n) is 4.28. The third kappa shape index (κ3) is 2.30. The largest absolute Gasteiger partial charge is 0.481 e. The number of fused-ring (bicyclic) bond motifs is 1. The van der Waals surface area contributed by atoms with Crippen LogP contribution in [0.25, 0.3) is 0 Å². The number of carboxylic acids is 1. The van der Waals surface area contributed by atoms with E-state index in [9.17, 15) is 14.7 Å². The van der Waals surface area contributed by atoms with Gasteiger partial charge in [-0.2, -0.15) is 0 Å². The number of rotatable bonds is 4. The molecular formula is C13H16N2O3. The first-order valence-electron chi connectivity index (χ1n) is 5.97. The van der Waals surface area contributed by atoms with Crippen molar-refractivity contribution in [3.8, 4) is 0 Å². The minimum absolute atomic E-state index is 0.0849. The maximum absolute atomic E-state index is 11.6. The highest BCUT2D eigenvalue weighted by Gasteiger charge is 2.33. The SMILES string of the molecule is CCNC(=O)CN1CC(C(=O)O)c2ccccc21. The molecule has 1 aliphatic rings. The Hall–Kier alpha value is -2.04. The van der Waals surface area contributed by atoms with Crippen LogP contribution in [0.15, 0.2) is 24.3 Å². The maximum Gasteiger partial charge on any atom is 0.312 e. The highest BCUT2D eigenvalue weighted by atomic mass is 16.4. The monoisotopic (exact) mass is 248 g/mol. The van der Waals surface area contributed by atoms with E-state index in [2.05, 4.69) is 5.32 Å². The molecule has 0 aromatic heterocycles. The summed E-state index contributed by atoms with van der Waals surface area (Å²) in [4.78, 5) is 24.6. The smallest absolute Gasteiger partial charge is 0.312 e. The first-order chi connectivity index (χ1) is 8.63. The second kappa shape index (κ2) is 5.08. The van der Waals surface area contributed by atoms with Gasteiger partial charge in [0.05, 0.1) is 6.54 Å². The number of hydrogen-bond acceptors (Lipinski definition) is 3. The van der Waals surface area contributed by atoms with Gasteiger partial charge in [0.15, 0.2) is 0 Å². The second-order valence-corrected chi connectivity index (χ2v) is 4.28. The van der Waals surface area contributed by atoms with Crippen LogP contribution in [0.1, 0.15) is 18.4 Å². The lowest BCUT2D eigenvalue weighted by molar-refractivity contribution is -0.138. The molecule has 0 bridgehead atoms. The number of likely N-dealkylation sites (N-methyl/N-ethyl adjacent to an activating group) is 1. The standard InChI is InChI=1S/C13H16N2O3/c1-2-14-12(16)8-15-7-10(13(17)18)9-5-3-4-6-11(9)15/h3-6,10H,2,7-8H2,1H3,(H,14,16)(H,17,18). The van der Waals surface area contributed by atoms with E-state index in [4.69, 9.17) is 0 Å². The topological polar surface area (TPSA) is 69.6 Å². The van der Waals surface area contributed by atoms with E-state index in [1.807, 2.05) is 36.1 Å². The van der Waals surface area contributed by atoms with E-state index in [1.54, 1.807) is 0 Å². The molecule has 0 spiro atoms. The fourth-order valence-corrected chi connectivity index (χ4v) is 2.27. The Morgan fingerprint density at radius 1 is 1.44 bits per heavy atom. The van der Waals surface area contributed by atoms with Gasteiger partial charge in [-0.05, 0) is 18.6 Å². The van der Waals surface area contributed by atoms with Crippen LogP contribution in [0.4, 0.5) is 5.69 Å². The number of hydrogen-bond donors (Lipinski definition) is 2. The average Bonchev–Trinajstić information content (AvgIpc) is 2.69. The van der Waals surface area contributed by atoms with Crippen molar-refractivity contribution in [2.24, 2.45) is 0 Å². The number of carbonyl (C=O) groups excluding carboxylic acids is 1. The summed E-state index contributed by atoms with van der Waals surface area (Å²) in [6.45, 7) is 2.99. The molecular weight excluding hydrogens is 232 g/mol. The quantitative estimate of drug-likeness (QED) is 0.827. The molecule has 0 fully saturated rings. The Labute approximate surface area is 105 Å². The van der Waals surface area contributed by atoms with Crippen LogP contribution in [0.5, 0.6) is 0 Å². The van der Waals surface area contributed by atoms with E-state index in [1.165, 1.54) is 0 Å². The predicted octanol–water partition coefficient (Wildman–Crippen LogP) is 0.811. The van der Waals surface area contributed by atoms with Gasteiger partial charge in [-0.15, -0.1) is 0 Å². The number of para-hydroxylation sites is 1. The van der Waals surface area contributed by atoms with Gasteiger partial charge in [-0.25, -0.2) is 0 Å². The van der Waals surface area contributed by atoms with E-state index in [0.29, 0.717) is 13.1 Å². The normalized spacial score (nSPS) is 17.4. The lowest BCUT2D eigenvalue weighted by atomic mass is 10.0. The lowest BCUT2D eigenvalue weighted by Gasteiger charge is -2.18. The zero-order chi connectivity index (χ0) is 13.1. The Balaban J connectivity index is 2.20. The van der Waals surface area contributed by atoms with Crippen LogP contribution in [0.2, 0.25) is 0 Å². The summed E-state index contributed by atoms with van der Waals surface area (Å²) in [5.41, 5.74) is 1.63. The Kier molecular flexibility index (Phi) is 3.50. The van der Waals surface area contributed by atoms with Crippen LogP contribution < -0.4 is 10.2 Å². The molecule has 1 aromatic rings. The summed E-state index contributed by atoms with van der Waals surface area (Å²) in [5.74, 6) is -1.48. The Morgan fingerprint density at radius 2 is 2.17 bits per heavy atom. The molecule has 1 aliphatic heterocycles. The molecule has 0 saturated carbocycles. The van der Waals surface area contributed by atoms with Gasteiger partial charge >= 0.3 is 5.97 Å². The van der Waals surface area contributed by atoms with Crippen molar-refractivity contribution < 1.29 is 14.7 Å². The molecule has 96 valence electrons. The third-order valence-electron chi connectivity index (χ3n) is 3.06. The average molecular weight is 248 g/mol. The number of benzene rings is 1. The van der Waals surface area contributed by atoms with Crippen molar-refractivity contribution in [2.45, 2.75) is 12.8 Å². The van der Waals surface area contributed by atoms with Crippen molar-refractivity contribution in [1.29, 1.82) is 0 Å². The zero-order valence-electron chi connectivity index (χ0n) is 10.2. The molecule has 1 unspecified atom stereocenters. The van der Waals surface area contributed by atoms with E-state index in [0.717, 1.165) is 11.3 Å². The number of anilines is 1. The van der Waals surface area contributed by atoms with Gasteiger partial charge in [0.25, 0.3) is 0 Å². The third-order valence-corrected chi connectivity index (χ3v) is 3.06. The first-order valence-corrected chi connectivity index (χ1v) is 5.97. The fraction of sp³-hybridized carbons (Fsp3) is 0.385. The van der Waals surface area contributed by atoms with E-state index in [-0.39, 0.29) is 12.5 Å². The van der Waals surface area contributed by atoms with Gasteiger partial charge in [0, 0.05) is 18.8 Å². The summed E-state index contributed by atoms with van der Waals surface area (Å²) < 4.78 is 0. The van der Waals surface area contributed by atoms with Crippen molar-refractivity contribution in [2.75, 3.05) is 24.5 Å². The minimum Gasteiger partial charge on any atom is -0.481 e. The number of nitrogens with zero attached hydrogens (tertiary/aromatic N) is 1. The summed E-state index contributed by atoms with van der Waals surface area (Å²) in [7, 11) is 0. The summed E-state index contributed by atoms with van der Waals surface area (Å²) in [6.07, 6.45) is 0. The molecule has 0 saturated heterocycles. The molecule has 1 atom stereocenters. The van der Waals surface area contributed by atoms with Gasteiger partial charge in [-0.3, -0.25) is 9.59 Å². The molecule has 1 aromatic carbocycles. The van der Waals surface area contributed by atoms with Crippen LogP contribution >= 0.6 is 0 Å². The molecule has 18 heavy (non-hydrogen) atoms. The maximum atomic E-state index is 11.6. The summed E-state index contributed by atoms with van der Waals surface area (Å²) in [5, 5.41) is 11.9. The molecule has 1 heterocycles. The van der Waals surface area contributed by atoms with Crippen LogP contribution in [0, 0.1) is 0 Å². The zero-order valence-corrected chi connectivity index (χ0v) is 10.2. The molecule has 5 nitrogen and oxygen atoms in total. The number of amides is 1. The van der Waals surface area contributed by atoms with Crippen molar-refractivity contribution in [3.63, 3.8) is 0 Å². The Morgan fingerprint density at radius 3 is 2.83 bits per heavy atom. The van der Waals surface area contributed by atoms with Crippen LogP contribution in [0.3, 0.4) is 0 Å². The molecule has 1 amide bonds. The lowest BCUT2D eigenvalue weighted by Crippen LogP contribution is -2.37. The number of carbonyl (C=O) groups is 2. The number of carboxylic acid groups (broad SMARTS) is 1. The molecule has 5 heteroatoms. The number of aliphatic carboxylic acids is 1. The number of nitrogens with one attached hydrogen (secondary N) is 1. The molecule has 0 aliphatic carbocycles. The fourth-order valence-electron chi connectivity index (χ4n) is 2.27. The van der Waals surface area contributed by atoms with E-state index >= 15 is 0 Å². The van der Waals surface area contributed by atoms with Crippen LogP contribution in [-0.2, 0) is 9.59 Å². The molecule has 2 rings (SSSR count). The highest BCUT2D eigenvalue weighted by Crippen LogP contribution is 2.35. The van der Waals surface area contributed by atoms with Gasteiger partial charge in [-0.1, -0.05) is 18.2 Å². The molecule has 2 N–H and O–H groups in total. The first kappa shape index (κ1) is 12.4. The minimum atomic E-state index is -0.846. The summed E-state index contributed by atoms with van der Waals surface area (Å²) in [6, 6.07) is 7.35. The highest BCUT2D eigenvalue weighted by molar-refractivity contribution is 5.87. The van der Waals surface area contributed by atoms with Gasteiger partial charge < -0.3 is 15.3 Å². The van der Waals surface area contributed by atoms with Crippen molar-refractivity contribution in [3.05, 3.63) is 29.8 Å². The Bertz CT molecular complexity index is 473.